The SMILES string of the molecule is COCc1cnc2[nH]cc(-c3cncc([C@](N)(C(=O)NCC(F)(F)F)C(C)C)c3)c2c1. The smallest absolute Gasteiger partial charge is 0.380 e. The van der Waals surface area contributed by atoms with Gasteiger partial charge in [-0.3, -0.25) is 9.78 Å². The number of hydrogen-bond donors (Lipinski definition) is 3. The summed E-state index contributed by atoms with van der Waals surface area (Å²) in [5, 5.41) is 2.72. The molecule has 31 heavy (non-hydrogen) atoms. The summed E-state index contributed by atoms with van der Waals surface area (Å²) in [5.74, 6) is -1.41. The van der Waals surface area contributed by atoms with Gasteiger partial charge in [0.05, 0.1) is 6.61 Å². The molecule has 0 radical (unpaired) electrons. The van der Waals surface area contributed by atoms with Gasteiger partial charge >= 0.3 is 6.18 Å². The molecule has 0 bridgehead atoms. The van der Waals surface area contributed by atoms with Crippen LogP contribution in [-0.2, 0) is 21.7 Å². The van der Waals surface area contributed by atoms with Crippen molar-refractivity contribution in [3.8, 4) is 11.1 Å². The molecule has 3 rings (SSSR count). The fourth-order valence-electron chi connectivity index (χ4n) is 3.40. The summed E-state index contributed by atoms with van der Waals surface area (Å²) in [7, 11) is 1.59. The molecule has 3 aromatic rings. The number of carbonyl (C=O) groups is 1. The molecule has 0 saturated carbocycles. The molecule has 3 heterocycles. The van der Waals surface area contributed by atoms with Gasteiger partial charge in [0.25, 0.3) is 0 Å². The number of alkyl halides is 3. The lowest BCUT2D eigenvalue weighted by Gasteiger charge is -2.32. The number of hydrogen-bond acceptors (Lipinski definition) is 5. The maximum absolute atomic E-state index is 12.7. The van der Waals surface area contributed by atoms with E-state index in [0.717, 1.165) is 16.5 Å². The van der Waals surface area contributed by atoms with Gasteiger partial charge < -0.3 is 20.8 Å². The van der Waals surface area contributed by atoms with Gasteiger partial charge in [0.2, 0.25) is 5.91 Å². The highest BCUT2D eigenvalue weighted by Crippen LogP contribution is 2.33. The van der Waals surface area contributed by atoms with Gasteiger partial charge in [0, 0.05) is 54.0 Å². The number of amides is 1. The van der Waals surface area contributed by atoms with Crippen molar-refractivity contribution < 1.29 is 22.7 Å². The molecule has 1 atom stereocenters. The number of carbonyl (C=O) groups excluding carboxylic acids is 1. The lowest BCUT2D eigenvalue weighted by molar-refractivity contribution is -0.143. The molecule has 0 aliphatic rings. The Morgan fingerprint density at radius 1 is 1.26 bits per heavy atom. The van der Waals surface area contributed by atoms with E-state index in [1.807, 2.05) is 11.4 Å². The molecule has 7 nitrogen and oxygen atoms in total. The number of aromatic nitrogens is 3. The zero-order valence-electron chi connectivity index (χ0n) is 17.4. The highest BCUT2D eigenvalue weighted by molar-refractivity contribution is 5.94. The number of halogens is 3. The average molecular weight is 435 g/mol. The minimum atomic E-state index is -4.54. The van der Waals surface area contributed by atoms with Crippen LogP contribution in [0.4, 0.5) is 13.2 Å². The standard InChI is InChI=1S/C21H24F3N5O2/c1-12(2)21(25,19(30)29-11-20(22,23)24)15-5-14(7-26-8-15)17-9-28-18-16(17)4-13(6-27-18)10-31-3/h4-9,12H,10-11,25H2,1-3H3,(H,27,28)(H,29,30)/t21-/m0/s1. The highest BCUT2D eigenvalue weighted by Gasteiger charge is 2.41. The number of nitrogens with one attached hydrogen (secondary N) is 2. The average Bonchev–Trinajstić information content (AvgIpc) is 3.14. The van der Waals surface area contributed by atoms with Crippen LogP contribution in [0.25, 0.3) is 22.2 Å². The second-order valence-corrected chi connectivity index (χ2v) is 7.66. The summed E-state index contributed by atoms with van der Waals surface area (Å²) >= 11 is 0. The molecule has 0 unspecified atom stereocenters. The van der Waals surface area contributed by atoms with Crippen LogP contribution in [0.2, 0.25) is 0 Å². The van der Waals surface area contributed by atoms with E-state index >= 15 is 0 Å². The molecular weight excluding hydrogens is 411 g/mol. The summed E-state index contributed by atoms with van der Waals surface area (Å²) in [5.41, 5.74) is 7.96. The molecule has 0 fully saturated rings. The second kappa shape index (κ2) is 8.64. The second-order valence-electron chi connectivity index (χ2n) is 7.66. The van der Waals surface area contributed by atoms with Gasteiger partial charge in [-0.05, 0) is 23.6 Å². The third-order valence-corrected chi connectivity index (χ3v) is 5.16. The van der Waals surface area contributed by atoms with Gasteiger partial charge in [-0.15, -0.1) is 0 Å². The lowest BCUT2D eigenvalue weighted by atomic mass is 9.80. The number of nitrogens with two attached hydrogens (primary N) is 1. The Morgan fingerprint density at radius 3 is 2.65 bits per heavy atom. The number of rotatable bonds is 7. The quantitative estimate of drug-likeness (QED) is 0.528. The minimum absolute atomic E-state index is 0.315. The molecule has 10 heteroatoms. The number of aromatic amines is 1. The summed E-state index contributed by atoms with van der Waals surface area (Å²) in [6.07, 6.45) is 1.93. The van der Waals surface area contributed by atoms with E-state index in [9.17, 15) is 18.0 Å². The Kier molecular flexibility index (Phi) is 6.33. The fraction of sp³-hybridized carbons (Fsp3) is 0.381. The summed E-state index contributed by atoms with van der Waals surface area (Å²) in [6, 6.07) is 3.60. The van der Waals surface area contributed by atoms with E-state index in [4.69, 9.17) is 10.5 Å². The zero-order chi connectivity index (χ0) is 22.8. The van der Waals surface area contributed by atoms with Crippen LogP contribution in [0, 0.1) is 5.92 Å². The van der Waals surface area contributed by atoms with Crippen LogP contribution < -0.4 is 11.1 Å². The predicted molar refractivity (Wildman–Crippen MR) is 110 cm³/mol. The number of ether oxygens (including phenoxy) is 1. The van der Waals surface area contributed by atoms with Gasteiger partial charge in [-0.1, -0.05) is 13.8 Å². The monoisotopic (exact) mass is 435 g/mol. The van der Waals surface area contributed by atoms with Crippen LogP contribution in [0.3, 0.4) is 0 Å². The third kappa shape index (κ3) is 4.70. The number of fused-ring (bicyclic) bond motifs is 1. The number of H-pyrrole nitrogens is 1. The topological polar surface area (TPSA) is 106 Å². The summed E-state index contributed by atoms with van der Waals surface area (Å²) in [4.78, 5) is 24.3. The maximum atomic E-state index is 12.7. The van der Waals surface area contributed by atoms with E-state index < -0.39 is 30.1 Å². The molecular formula is C21H24F3N5O2. The van der Waals surface area contributed by atoms with E-state index in [2.05, 4.69) is 15.0 Å². The van der Waals surface area contributed by atoms with Crippen LogP contribution in [0.15, 0.2) is 36.9 Å². The summed E-state index contributed by atoms with van der Waals surface area (Å²) < 4.78 is 43.0. The van der Waals surface area contributed by atoms with E-state index in [0.29, 0.717) is 23.4 Å². The number of pyridine rings is 2. The van der Waals surface area contributed by atoms with Gasteiger partial charge in [0.1, 0.15) is 17.7 Å². The highest BCUT2D eigenvalue weighted by atomic mass is 19.4. The first-order chi connectivity index (χ1) is 14.6. The molecule has 0 aliphatic carbocycles. The molecule has 1 amide bonds. The van der Waals surface area contributed by atoms with Crippen molar-refractivity contribution in [3.63, 3.8) is 0 Å². The first-order valence-electron chi connectivity index (χ1n) is 9.61. The molecule has 0 aliphatic heterocycles. The van der Waals surface area contributed by atoms with E-state index in [1.165, 1.54) is 6.20 Å². The molecule has 0 saturated heterocycles. The van der Waals surface area contributed by atoms with Crippen molar-refractivity contribution in [2.45, 2.75) is 32.2 Å². The number of nitrogens with zero attached hydrogens (tertiary/aromatic N) is 2. The predicted octanol–water partition coefficient (Wildman–Crippen LogP) is 3.26. The maximum Gasteiger partial charge on any atom is 0.405 e. The summed E-state index contributed by atoms with van der Waals surface area (Å²) in [6.45, 7) is 2.28. The van der Waals surface area contributed by atoms with Crippen molar-refractivity contribution in [2.24, 2.45) is 11.7 Å². The van der Waals surface area contributed by atoms with E-state index in [-0.39, 0.29) is 0 Å². The molecule has 3 aromatic heterocycles. The Morgan fingerprint density at radius 2 is 2.00 bits per heavy atom. The normalized spacial score (nSPS) is 14.1. The lowest BCUT2D eigenvalue weighted by Crippen LogP contribution is -2.56. The van der Waals surface area contributed by atoms with Crippen molar-refractivity contribution in [2.75, 3.05) is 13.7 Å². The van der Waals surface area contributed by atoms with Crippen molar-refractivity contribution >= 4 is 16.9 Å². The van der Waals surface area contributed by atoms with Crippen LogP contribution in [0.1, 0.15) is 25.0 Å². The Bertz CT molecular complexity index is 1080. The van der Waals surface area contributed by atoms with Crippen molar-refractivity contribution in [1.82, 2.24) is 20.3 Å². The Labute approximate surface area is 177 Å². The van der Waals surface area contributed by atoms with Crippen molar-refractivity contribution in [3.05, 3.63) is 48.0 Å². The van der Waals surface area contributed by atoms with Crippen molar-refractivity contribution in [1.29, 1.82) is 0 Å². The van der Waals surface area contributed by atoms with Crippen LogP contribution in [0.5, 0.6) is 0 Å². The van der Waals surface area contributed by atoms with Gasteiger partial charge in [0.15, 0.2) is 0 Å². The third-order valence-electron chi connectivity index (χ3n) is 5.16. The first-order valence-corrected chi connectivity index (χ1v) is 9.61. The minimum Gasteiger partial charge on any atom is -0.380 e. The molecule has 4 N–H and O–H groups in total. The Balaban J connectivity index is 2.02. The van der Waals surface area contributed by atoms with E-state index in [1.54, 1.807) is 45.6 Å². The zero-order valence-corrected chi connectivity index (χ0v) is 17.4. The largest absolute Gasteiger partial charge is 0.405 e. The Hall–Kier alpha value is -2.98. The number of methoxy groups -OCH3 is 1. The van der Waals surface area contributed by atoms with Crippen LogP contribution >= 0.6 is 0 Å². The van der Waals surface area contributed by atoms with Crippen LogP contribution in [-0.4, -0.2) is 40.7 Å². The van der Waals surface area contributed by atoms with Gasteiger partial charge in [-0.2, -0.15) is 13.2 Å². The fourth-order valence-corrected chi connectivity index (χ4v) is 3.40. The van der Waals surface area contributed by atoms with Gasteiger partial charge in [-0.25, -0.2) is 4.98 Å². The molecule has 0 spiro atoms. The molecule has 166 valence electrons. The molecule has 0 aromatic carbocycles. The first kappa shape index (κ1) is 22.7.